The highest BCUT2D eigenvalue weighted by Crippen LogP contribution is 1.96. The van der Waals surface area contributed by atoms with E-state index < -0.39 is 0 Å². The Morgan fingerprint density at radius 3 is 2.67 bits per heavy atom. The third-order valence-electron chi connectivity index (χ3n) is 2.23. The molecule has 0 unspecified atom stereocenters. The number of aromatic nitrogens is 1. The molecule has 0 aliphatic carbocycles. The van der Waals surface area contributed by atoms with E-state index in [-0.39, 0.29) is 23.6 Å². The highest BCUT2D eigenvalue weighted by Gasteiger charge is 2.12. The minimum absolute atomic E-state index is 0.0292. The van der Waals surface area contributed by atoms with Crippen LogP contribution in [-0.2, 0) is 11.3 Å². The van der Waals surface area contributed by atoms with Crippen LogP contribution in [0.25, 0.3) is 0 Å². The number of hydrogen-bond donors (Lipinski definition) is 2. The predicted molar refractivity (Wildman–Crippen MR) is 71.5 cm³/mol. The van der Waals surface area contributed by atoms with Gasteiger partial charge in [0.05, 0.1) is 6.54 Å². The lowest BCUT2D eigenvalue weighted by atomic mass is 10.1. The van der Waals surface area contributed by atoms with E-state index in [4.69, 9.17) is 0 Å². The fraction of sp³-hybridized carbons (Fsp3) is 0.538. The van der Waals surface area contributed by atoms with Gasteiger partial charge in [-0.1, -0.05) is 6.07 Å². The van der Waals surface area contributed by atoms with Crippen LogP contribution in [0.3, 0.4) is 0 Å². The van der Waals surface area contributed by atoms with Gasteiger partial charge in [-0.25, -0.2) is 0 Å². The molecule has 0 radical (unpaired) electrons. The third-order valence-corrected chi connectivity index (χ3v) is 2.23. The zero-order valence-electron chi connectivity index (χ0n) is 11.2. The van der Waals surface area contributed by atoms with E-state index in [2.05, 4.69) is 10.6 Å². The summed E-state index contributed by atoms with van der Waals surface area (Å²) in [6.45, 7) is 7.22. The largest absolute Gasteiger partial charge is 0.350 e. The quantitative estimate of drug-likeness (QED) is 0.742. The Hall–Kier alpha value is -1.62. The second-order valence-corrected chi connectivity index (χ2v) is 5.21. The molecule has 0 spiro atoms. The van der Waals surface area contributed by atoms with Crippen LogP contribution in [0.2, 0.25) is 0 Å². The van der Waals surface area contributed by atoms with Gasteiger partial charge in [-0.2, -0.15) is 0 Å². The predicted octanol–water partition coefficient (Wildman–Crippen LogP) is 0.353. The van der Waals surface area contributed by atoms with Crippen LogP contribution in [0.5, 0.6) is 0 Å². The van der Waals surface area contributed by atoms with Gasteiger partial charge < -0.3 is 15.2 Å². The van der Waals surface area contributed by atoms with Crippen LogP contribution in [-0.4, -0.2) is 29.1 Å². The molecular formula is C13H21N3O2. The standard InChI is InChI=1S/C13H21N3O2/c1-13(2,3)15-11(17)10-14-7-9-16-8-5-4-6-12(16)18/h4-6,8,14H,7,9-10H2,1-3H3,(H,15,17). The van der Waals surface area contributed by atoms with E-state index in [1.54, 1.807) is 16.8 Å². The van der Waals surface area contributed by atoms with Crippen LogP contribution in [0, 0.1) is 0 Å². The minimum atomic E-state index is -0.213. The summed E-state index contributed by atoms with van der Waals surface area (Å²) in [7, 11) is 0. The summed E-state index contributed by atoms with van der Waals surface area (Å²) in [5.41, 5.74) is -0.242. The van der Waals surface area contributed by atoms with Crippen molar-refractivity contribution in [3.8, 4) is 0 Å². The van der Waals surface area contributed by atoms with Crippen molar-refractivity contribution >= 4 is 5.91 Å². The summed E-state index contributed by atoms with van der Waals surface area (Å²) in [5, 5.41) is 5.87. The Balaban J connectivity index is 2.26. The van der Waals surface area contributed by atoms with E-state index in [9.17, 15) is 9.59 Å². The Morgan fingerprint density at radius 1 is 1.33 bits per heavy atom. The highest BCUT2D eigenvalue weighted by molar-refractivity contribution is 5.78. The van der Waals surface area contributed by atoms with Crippen molar-refractivity contribution in [2.75, 3.05) is 13.1 Å². The van der Waals surface area contributed by atoms with Crippen molar-refractivity contribution in [2.24, 2.45) is 0 Å². The highest BCUT2D eigenvalue weighted by atomic mass is 16.2. The second kappa shape index (κ2) is 6.35. The minimum Gasteiger partial charge on any atom is -0.350 e. The van der Waals surface area contributed by atoms with E-state index in [1.165, 1.54) is 6.07 Å². The summed E-state index contributed by atoms with van der Waals surface area (Å²) in [4.78, 5) is 22.9. The first-order chi connectivity index (χ1) is 8.38. The first-order valence-corrected chi connectivity index (χ1v) is 6.06. The lowest BCUT2D eigenvalue weighted by Crippen LogP contribution is -2.45. The molecule has 5 nitrogen and oxygen atoms in total. The number of amides is 1. The lowest BCUT2D eigenvalue weighted by Gasteiger charge is -2.20. The molecule has 0 bridgehead atoms. The van der Waals surface area contributed by atoms with Crippen LogP contribution in [0.4, 0.5) is 0 Å². The third kappa shape index (κ3) is 5.63. The Morgan fingerprint density at radius 2 is 2.06 bits per heavy atom. The molecule has 0 fully saturated rings. The first kappa shape index (κ1) is 14.4. The number of hydrogen-bond acceptors (Lipinski definition) is 3. The molecule has 1 aromatic rings. The Kier molecular flexibility index (Phi) is 5.09. The SMILES string of the molecule is CC(C)(C)NC(=O)CNCCn1ccccc1=O. The molecule has 0 aliphatic rings. The zero-order chi connectivity index (χ0) is 13.6. The van der Waals surface area contributed by atoms with Gasteiger partial charge in [-0.3, -0.25) is 9.59 Å². The maximum Gasteiger partial charge on any atom is 0.250 e. The smallest absolute Gasteiger partial charge is 0.250 e. The van der Waals surface area contributed by atoms with Gasteiger partial charge in [-0.15, -0.1) is 0 Å². The summed E-state index contributed by atoms with van der Waals surface area (Å²) in [5.74, 6) is -0.0390. The van der Waals surface area contributed by atoms with Crippen molar-refractivity contribution < 1.29 is 4.79 Å². The number of carbonyl (C=O) groups is 1. The molecule has 0 saturated carbocycles. The summed E-state index contributed by atoms with van der Waals surface area (Å²) in [6.07, 6.45) is 1.74. The number of nitrogens with one attached hydrogen (secondary N) is 2. The van der Waals surface area contributed by atoms with Crippen molar-refractivity contribution in [3.05, 3.63) is 34.7 Å². The van der Waals surface area contributed by atoms with Gasteiger partial charge in [0.2, 0.25) is 5.91 Å². The molecule has 0 atom stereocenters. The summed E-state index contributed by atoms with van der Waals surface area (Å²) < 4.78 is 1.61. The number of carbonyl (C=O) groups excluding carboxylic acids is 1. The maximum absolute atomic E-state index is 11.5. The molecule has 1 heterocycles. The van der Waals surface area contributed by atoms with Gasteiger partial charge >= 0.3 is 0 Å². The molecular weight excluding hydrogens is 230 g/mol. The van der Waals surface area contributed by atoms with Crippen LogP contribution >= 0.6 is 0 Å². The normalized spacial score (nSPS) is 11.3. The summed E-state index contributed by atoms with van der Waals surface area (Å²) in [6, 6.07) is 5.04. The molecule has 0 aliphatic heterocycles. The molecule has 1 rings (SSSR count). The Labute approximate surface area is 107 Å². The van der Waals surface area contributed by atoms with Crippen LogP contribution in [0.1, 0.15) is 20.8 Å². The van der Waals surface area contributed by atoms with Crippen molar-refractivity contribution in [2.45, 2.75) is 32.9 Å². The second-order valence-electron chi connectivity index (χ2n) is 5.21. The molecule has 1 amide bonds. The average Bonchev–Trinajstić information content (AvgIpc) is 2.24. The van der Waals surface area contributed by atoms with Crippen molar-refractivity contribution in [1.82, 2.24) is 15.2 Å². The molecule has 0 aromatic carbocycles. The number of pyridine rings is 1. The van der Waals surface area contributed by atoms with Crippen LogP contribution in [0.15, 0.2) is 29.2 Å². The molecule has 18 heavy (non-hydrogen) atoms. The monoisotopic (exact) mass is 251 g/mol. The average molecular weight is 251 g/mol. The molecule has 100 valence electrons. The molecule has 0 saturated heterocycles. The van der Waals surface area contributed by atoms with Gasteiger partial charge in [0.1, 0.15) is 0 Å². The van der Waals surface area contributed by atoms with E-state index in [1.807, 2.05) is 26.8 Å². The zero-order valence-corrected chi connectivity index (χ0v) is 11.2. The van der Waals surface area contributed by atoms with E-state index in [0.717, 1.165) is 0 Å². The Bertz CT molecular complexity index is 446. The lowest BCUT2D eigenvalue weighted by molar-refractivity contribution is -0.121. The van der Waals surface area contributed by atoms with E-state index >= 15 is 0 Å². The van der Waals surface area contributed by atoms with Gasteiger partial charge in [-0.05, 0) is 26.8 Å². The topological polar surface area (TPSA) is 63.1 Å². The fourth-order valence-electron chi connectivity index (χ4n) is 1.51. The molecule has 1 aromatic heterocycles. The van der Waals surface area contributed by atoms with E-state index in [0.29, 0.717) is 13.1 Å². The summed E-state index contributed by atoms with van der Waals surface area (Å²) >= 11 is 0. The fourth-order valence-corrected chi connectivity index (χ4v) is 1.51. The van der Waals surface area contributed by atoms with Gasteiger partial charge in [0, 0.05) is 30.9 Å². The van der Waals surface area contributed by atoms with Crippen LogP contribution < -0.4 is 16.2 Å². The number of nitrogens with zero attached hydrogens (tertiary/aromatic N) is 1. The molecule has 2 N–H and O–H groups in total. The van der Waals surface area contributed by atoms with Crippen molar-refractivity contribution in [3.63, 3.8) is 0 Å². The van der Waals surface area contributed by atoms with Gasteiger partial charge in [0.15, 0.2) is 0 Å². The van der Waals surface area contributed by atoms with Gasteiger partial charge in [0.25, 0.3) is 5.56 Å². The first-order valence-electron chi connectivity index (χ1n) is 6.06. The maximum atomic E-state index is 11.5. The van der Waals surface area contributed by atoms with Crippen molar-refractivity contribution in [1.29, 1.82) is 0 Å². The molecule has 5 heteroatoms. The number of rotatable bonds is 5.